The lowest BCUT2D eigenvalue weighted by Gasteiger charge is -2.01. The topological polar surface area (TPSA) is 72.9 Å². The van der Waals surface area contributed by atoms with Gasteiger partial charge in [-0.15, -0.1) is 0 Å². The van der Waals surface area contributed by atoms with Gasteiger partial charge in [-0.05, 0) is 18.9 Å². The molecule has 0 aliphatic rings. The van der Waals surface area contributed by atoms with Crippen molar-refractivity contribution in [3.63, 3.8) is 0 Å². The quantitative estimate of drug-likeness (QED) is 0.618. The molecule has 0 amide bonds. The van der Waals surface area contributed by atoms with Crippen LogP contribution in [0.3, 0.4) is 0 Å². The molecule has 2 aromatic heterocycles. The highest BCUT2D eigenvalue weighted by Crippen LogP contribution is 2.12. The zero-order chi connectivity index (χ0) is 14.2. The third kappa shape index (κ3) is 3.88. The molecule has 0 saturated carbocycles. The van der Waals surface area contributed by atoms with Crippen molar-refractivity contribution in [1.82, 2.24) is 9.97 Å². The molecule has 2 aromatic rings. The third-order valence-electron chi connectivity index (χ3n) is 2.35. The molecule has 20 heavy (non-hydrogen) atoms. The number of aliphatic imine (C=N–C) groups is 2. The van der Waals surface area contributed by atoms with Gasteiger partial charge in [-0.3, -0.25) is 9.98 Å². The largest absolute Gasteiger partial charge is 0.471 e. The Balaban J connectivity index is 2.01. The van der Waals surface area contributed by atoms with E-state index in [-0.39, 0.29) is 6.61 Å². The highest BCUT2D eigenvalue weighted by Gasteiger charge is 2.00. The van der Waals surface area contributed by atoms with E-state index in [1.807, 2.05) is 18.2 Å². The first-order valence-electron chi connectivity index (χ1n) is 5.93. The fraction of sp³-hybridized carbons (Fsp3) is 0.143. The summed E-state index contributed by atoms with van der Waals surface area (Å²) in [6.07, 6.45) is 6.29. The molecule has 0 saturated heterocycles. The van der Waals surface area contributed by atoms with Crippen molar-refractivity contribution < 1.29 is 9.15 Å². The highest BCUT2D eigenvalue weighted by atomic mass is 16.5. The fourth-order valence-corrected chi connectivity index (χ4v) is 1.38. The van der Waals surface area contributed by atoms with Crippen LogP contribution in [0, 0.1) is 0 Å². The molecule has 0 aromatic carbocycles. The van der Waals surface area contributed by atoms with E-state index in [1.54, 1.807) is 25.5 Å². The predicted molar refractivity (Wildman–Crippen MR) is 76.2 cm³/mol. The van der Waals surface area contributed by atoms with E-state index in [1.165, 1.54) is 6.26 Å². The summed E-state index contributed by atoms with van der Waals surface area (Å²) >= 11 is 0. The van der Waals surface area contributed by atoms with Gasteiger partial charge in [0, 0.05) is 13.1 Å². The monoisotopic (exact) mass is 270 g/mol. The Bertz CT molecular complexity index is 603. The van der Waals surface area contributed by atoms with Crippen molar-refractivity contribution in [1.29, 1.82) is 0 Å². The van der Waals surface area contributed by atoms with Gasteiger partial charge in [0.25, 0.3) is 0 Å². The zero-order valence-electron chi connectivity index (χ0n) is 11.1. The predicted octanol–water partition coefficient (Wildman–Crippen LogP) is 2.70. The smallest absolute Gasteiger partial charge is 0.232 e. The molecule has 2 heterocycles. The van der Waals surface area contributed by atoms with Crippen molar-refractivity contribution in [2.75, 3.05) is 0 Å². The van der Waals surface area contributed by atoms with Gasteiger partial charge in [0.05, 0.1) is 18.1 Å². The Morgan fingerprint density at radius 2 is 2.30 bits per heavy atom. The Kier molecular flexibility index (Phi) is 4.77. The van der Waals surface area contributed by atoms with Crippen LogP contribution in [0.2, 0.25) is 0 Å². The van der Waals surface area contributed by atoms with Crippen molar-refractivity contribution >= 4 is 18.3 Å². The van der Waals surface area contributed by atoms with Gasteiger partial charge in [0.2, 0.25) is 5.89 Å². The number of ether oxygens (including phenoxy) is 1. The minimum Gasteiger partial charge on any atom is -0.471 e. The summed E-state index contributed by atoms with van der Waals surface area (Å²) in [5, 5.41) is 0. The second kappa shape index (κ2) is 6.98. The summed E-state index contributed by atoms with van der Waals surface area (Å²) in [5.74, 6) is 0.968. The number of hydrogen-bond donors (Lipinski definition) is 0. The lowest BCUT2D eigenvalue weighted by molar-refractivity contribution is 0.249. The number of rotatable bonds is 5. The van der Waals surface area contributed by atoms with Gasteiger partial charge in [-0.25, -0.2) is 9.98 Å². The minimum atomic E-state index is 0.233. The van der Waals surface area contributed by atoms with Crippen LogP contribution in [0.4, 0.5) is 0 Å². The Labute approximate surface area is 116 Å². The average Bonchev–Trinajstić information content (AvgIpc) is 3.00. The maximum Gasteiger partial charge on any atom is 0.232 e. The molecule has 0 N–H and O–H groups in total. The fourth-order valence-electron chi connectivity index (χ4n) is 1.38. The molecular weight excluding hydrogens is 256 g/mol. The van der Waals surface area contributed by atoms with E-state index < -0.39 is 0 Å². The molecule has 0 fully saturated rings. The van der Waals surface area contributed by atoms with Crippen molar-refractivity contribution in [2.24, 2.45) is 9.98 Å². The first kappa shape index (κ1) is 13.7. The number of oxazole rings is 1. The van der Waals surface area contributed by atoms with E-state index in [9.17, 15) is 0 Å². The molecule has 6 heteroatoms. The molecule has 0 radical (unpaired) electrons. The lowest BCUT2D eigenvalue weighted by atomic mass is 10.3. The average molecular weight is 270 g/mol. The van der Waals surface area contributed by atoms with Crippen LogP contribution < -0.4 is 0 Å². The molecule has 0 bridgehead atoms. The van der Waals surface area contributed by atoms with Gasteiger partial charge < -0.3 is 9.15 Å². The van der Waals surface area contributed by atoms with E-state index in [0.717, 1.165) is 0 Å². The molecule has 6 nitrogen and oxygen atoms in total. The normalized spacial score (nSPS) is 12.2. The highest BCUT2D eigenvalue weighted by molar-refractivity contribution is 5.75. The number of nitrogens with zero attached hydrogens (tertiary/aromatic N) is 4. The summed E-state index contributed by atoms with van der Waals surface area (Å²) in [4.78, 5) is 16.2. The number of hydrogen-bond acceptors (Lipinski definition) is 6. The molecule has 0 unspecified atom stereocenters. The van der Waals surface area contributed by atoms with E-state index in [4.69, 9.17) is 9.15 Å². The molecule has 102 valence electrons. The van der Waals surface area contributed by atoms with E-state index >= 15 is 0 Å². The molecule has 0 aliphatic heterocycles. The second-order valence-corrected chi connectivity index (χ2v) is 3.75. The van der Waals surface area contributed by atoms with Gasteiger partial charge in [0.15, 0.2) is 12.5 Å². The number of aromatic nitrogens is 2. The van der Waals surface area contributed by atoms with E-state index in [2.05, 4.69) is 26.7 Å². The molecule has 0 spiro atoms. The summed E-state index contributed by atoms with van der Waals surface area (Å²) in [6.45, 7) is 5.48. The number of pyridine rings is 1. The summed E-state index contributed by atoms with van der Waals surface area (Å²) in [7, 11) is 0. The van der Waals surface area contributed by atoms with Crippen LogP contribution in [0.5, 0.6) is 0 Å². The second-order valence-electron chi connectivity index (χ2n) is 3.75. The van der Waals surface area contributed by atoms with Crippen LogP contribution in [-0.4, -0.2) is 22.6 Å². The van der Waals surface area contributed by atoms with Gasteiger partial charge >= 0.3 is 0 Å². The molecule has 2 rings (SSSR count). The minimum absolute atomic E-state index is 0.233. The van der Waals surface area contributed by atoms with Crippen LogP contribution in [0.1, 0.15) is 18.5 Å². The van der Waals surface area contributed by atoms with Crippen LogP contribution in [0.25, 0.3) is 5.70 Å². The molecule has 0 atom stereocenters. The zero-order valence-corrected chi connectivity index (χ0v) is 11.1. The van der Waals surface area contributed by atoms with Crippen LogP contribution in [0.15, 0.2) is 57.5 Å². The Hall–Kier alpha value is -2.76. The van der Waals surface area contributed by atoms with Crippen LogP contribution >= 0.6 is 0 Å². The first-order chi connectivity index (χ1) is 9.79. The first-order valence-corrected chi connectivity index (χ1v) is 5.93. The van der Waals surface area contributed by atoms with Gasteiger partial charge in [-0.1, -0.05) is 6.07 Å². The van der Waals surface area contributed by atoms with Crippen molar-refractivity contribution in [3.8, 4) is 0 Å². The lowest BCUT2D eigenvalue weighted by Crippen LogP contribution is -1.99. The summed E-state index contributed by atoms with van der Waals surface area (Å²) in [5.41, 5.74) is 1.27. The summed E-state index contributed by atoms with van der Waals surface area (Å²) in [6, 6.07) is 5.54. The summed E-state index contributed by atoms with van der Waals surface area (Å²) < 4.78 is 10.4. The Morgan fingerprint density at radius 1 is 1.40 bits per heavy atom. The van der Waals surface area contributed by atoms with Crippen LogP contribution in [-0.2, 0) is 11.3 Å². The van der Waals surface area contributed by atoms with Gasteiger partial charge in [0.1, 0.15) is 12.0 Å². The Morgan fingerprint density at radius 3 is 2.95 bits per heavy atom. The van der Waals surface area contributed by atoms with Crippen molar-refractivity contribution in [2.45, 2.75) is 13.5 Å². The standard InChI is InChI=1S/C14H14N4O2/c1-11(20-10-14-17-7-8-19-14)18-9-13(15-2)12-5-3-4-6-16-12/h3-9H,2,10H2,1H3/b13-9-,18-11+. The maximum atomic E-state index is 5.38. The molecular formula is C14H14N4O2. The SMILES string of the molecule is C=N/C(=C\N=C(/C)OCc1ncco1)c1ccccn1. The third-order valence-corrected chi connectivity index (χ3v) is 2.35. The van der Waals surface area contributed by atoms with Gasteiger partial charge in [-0.2, -0.15) is 0 Å². The molecule has 0 aliphatic carbocycles. The maximum absolute atomic E-state index is 5.38. The van der Waals surface area contributed by atoms with E-state index in [0.29, 0.717) is 23.2 Å². The van der Waals surface area contributed by atoms with Crippen molar-refractivity contribution in [3.05, 3.63) is 54.6 Å².